The van der Waals surface area contributed by atoms with Crippen molar-refractivity contribution in [3.05, 3.63) is 24.3 Å². The number of rotatable bonds is 1. The molecule has 4 nitrogen and oxygen atoms in total. The molecular formula is C7H8N2O2. The maximum Gasteiger partial charge on any atom is 0.350 e. The lowest BCUT2D eigenvalue weighted by Crippen LogP contribution is -2.44. The van der Waals surface area contributed by atoms with Gasteiger partial charge in [-0.15, -0.1) is 0 Å². The zero-order chi connectivity index (χ0) is 8.32. The summed E-state index contributed by atoms with van der Waals surface area (Å²) in [6.07, 6.45) is 7.54. The molecule has 3 N–H and O–H groups in total. The van der Waals surface area contributed by atoms with Crippen molar-refractivity contribution in [2.24, 2.45) is 10.7 Å². The molecule has 4 heteroatoms. The average molecular weight is 152 g/mol. The minimum absolute atomic E-state index is 1.16. The molecule has 1 unspecified atom stereocenters. The summed E-state index contributed by atoms with van der Waals surface area (Å²) in [6, 6.07) is 0. The molecule has 0 spiro atoms. The van der Waals surface area contributed by atoms with E-state index in [0.29, 0.717) is 0 Å². The largest absolute Gasteiger partial charge is 0.478 e. The van der Waals surface area contributed by atoms with Crippen LogP contribution < -0.4 is 5.73 Å². The van der Waals surface area contributed by atoms with Gasteiger partial charge in [-0.25, -0.2) is 4.79 Å². The molecule has 58 valence electrons. The van der Waals surface area contributed by atoms with E-state index in [4.69, 9.17) is 10.8 Å². The van der Waals surface area contributed by atoms with Gasteiger partial charge in [0.2, 0.25) is 5.66 Å². The fourth-order valence-electron chi connectivity index (χ4n) is 0.652. The summed E-state index contributed by atoms with van der Waals surface area (Å²) >= 11 is 0. The summed E-state index contributed by atoms with van der Waals surface area (Å²) in [4.78, 5) is 14.1. The SMILES string of the molecule is NC1(C(=O)O)C=CC=CC=N1. The van der Waals surface area contributed by atoms with Crippen molar-refractivity contribution in [3.8, 4) is 0 Å². The highest BCUT2D eigenvalue weighted by Crippen LogP contribution is 2.06. The zero-order valence-corrected chi connectivity index (χ0v) is 5.77. The molecule has 1 aliphatic rings. The Morgan fingerprint density at radius 1 is 1.45 bits per heavy atom. The van der Waals surface area contributed by atoms with E-state index in [1.165, 1.54) is 12.3 Å². The number of hydrogen-bond donors (Lipinski definition) is 2. The molecule has 1 aliphatic heterocycles. The van der Waals surface area contributed by atoms with Crippen LogP contribution in [0.5, 0.6) is 0 Å². The van der Waals surface area contributed by atoms with Gasteiger partial charge in [0.15, 0.2) is 0 Å². The predicted molar refractivity (Wildman–Crippen MR) is 41.3 cm³/mol. The van der Waals surface area contributed by atoms with E-state index in [2.05, 4.69) is 4.99 Å². The summed E-state index contributed by atoms with van der Waals surface area (Å²) in [5.41, 5.74) is 3.78. The lowest BCUT2D eigenvalue weighted by molar-refractivity contribution is -0.141. The van der Waals surface area contributed by atoms with Crippen molar-refractivity contribution in [1.82, 2.24) is 0 Å². The van der Waals surface area contributed by atoms with Gasteiger partial charge in [-0.2, -0.15) is 0 Å². The van der Waals surface area contributed by atoms with Gasteiger partial charge in [-0.1, -0.05) is 12.2 Å². The highest BCUT2D eigenvalue weighted by Gasteiger charge is 2.29. The third-order valence-electron chi connectivity index (χ3n) is 1.29. The van der Waals surface area contributed by atoms with Crippen LogP contribution in [-0.4, -0.2) is 23.0 Å². The number of nitrogens with zero attached hydrogens (tertiary/aromatic N) is 1. The smallest absolute Gasteiger partial charge is 0.350 e. The Hall–Kier alpha value is -1.42. The zero-order valence-electron chi connectivity index (χ0n) is 5.77. The van der Waals surface area contributed by atoms with E-state index in [-0.39, 0.29) is 0 Å². The number of carboxylic acids is 1. The van der Waals surface area contributed by atoms with Gasteiger partial charge >= 0.3 is 5.97 Å². The van der Waals surface area contributed by atoms with Crippen molar-refractivity contribution in [2.75, 3.05) is 0 Å². The first-order valence-electron chi connectivity index (χ1n) is 3.07. The molecule has 0 aliphatic carbocycles. The summed E-state index contributed by atoms with van der Waals surface area (Å²) in [6.45, 7) is 0. The van der Waals surface area contributed by atoms with E-state index >= 15 is 0 Å². The molecule has 0 fully saturated rings. The summed E-state index contributed by atoms with van der Waals surface area (Å²) in [5, 5.41) is 8.60. The third kappa shape index (κ3) is 1.53. The van der Waals surface area contributed by atoms with E-state index < -0.39 is 11.6 Å². The molecule has 1 atom stereocenters. The van der Waals surface area contributed by atoms with Crippen molar-refractivity contribution < 1.29 is 9.90 Å². The average Bonchev–Trinajstić information content (AvgIpc) is 2.15. The van der Waals surface area contributed by atoms with Gasteiger partial charge < -0.3 is 5.11 Å². The van der Waals surface area contributed by atoms with Crippen molar-refractivity contribution in [1.29, 1.82) is 0 Å². The Labute approximate surface area is 63.7 Å². The highest BCUT2D eigenvalue weighted by molar-refractivity contribution is 5.85. The standard InChI is InChI=1S/C7H8N2O2/c8-7(6(10)11)4-2-1-3-5-9-7/h1-5H,8H2,(H,10,11). The van der Waals surface area contributed by atoms with E-state index in [1.54, 1.807) is 18.2 Å². The van der Waals surface area contributed by atoms with Crippen molar-refractivity contribution in [2.45, 2.75) is 5.66 Å². The second-order valence-corrected chi connectivity index (χ2v) is 2.15. The molecule has 0 radical (unpaired) electrons. The first-order chi connectivity index (χ1) is 5.15. The maximum atomic E-state index is 10.5. The highest BCUT2D eigenvalue weighted by atomic mass is 16.4. The van der Waals surface area contributed by atoms with Crippen LogP contribution in [0.4, 0.5) is 0 Å². The number of hydrogen-bond acceptors (Lipinski definition) is 3. The molecule has 1 heterocycles. The topological polar surface area (TPSA) is 75.7 Å². The number of nitrogens with two attached hydrogens (primary N) is 1. The molecule has 11 heavy (non-hydrogen) atoms. The first-order valence-corrected chi connectivity index (χ1v) is 3.07. The van der Waals surface area contributed by atoms with Crippen LogP contribution in [-0.2, 0) is 4.79 Å². The Bertz CT molecular complexity index is 237. The Balaban J connectivity index is 2.96. The van der Waals surface area contributed by atoms with Crippen LogP contribution in [0.25, 0.3) is 0 Å². The lowest BCUT2D eigenvalue weighted by Gasteiger charge is -2.13. The number of carbonyl (C=O) groups is 1. The van der Waals surface area contributed by atoms with E-state index in [9.17, 15) is 4.79 Å². The van der Waals surface area contributed by atoms with Crippen LogP contribution in [0.1, 0.15) is 0 Å². The molecule has 0 saturated heterocycles. The monoisotopic (exact) mass is 152 g/mol. The summed E-state index contributed by atoms with van der Waals surface area (Å²) in [7, 11) is 0. The van der Waals surface area contributed by atoms with Crippen LogP contribution in [0.3, 0.4) is 0 Å². The normalized spacial score (nSPS) is 28.5. The lowest BCUT2D eigenvalue weighted by atomic mass is 10.2. The van der Waals surface area contributed by atoms with E-state index in [0.717, 1.165) is 0 Å². The van der Waals surface area contributed by atoms with Crippen molar-refractivity contribution >= 4 is 12.2 Å². The number of carboxylic acid groups (broad SMARTS) is 1. The van der Waals surface area contributed by atoms with Gasteiger partial charge in [0.25, 0.3) is 0 Å². The van der Waals surface area contributed by atoms with Crippen LogP contribution in [0.15, 0.2) is 29.3 Å². The Kier molecular flexibility index (Phi) is 1.87. The molecular weight excluding hydrogens is 144 g/mol. The van der Waals surface area contributed by atoms with Gasteiger partial charge in [0.05, 0.1) is 0 Å². The first kappa shape index (κ1) is 7.68. The Morgan fingerprint density at radius 2 is 2.18 bits per heavy atom. The van der Waals surface area contributed by atoms with Crippen LogP contribution >= 0.6 is 0 Å². The van der Waals surface area contributed by atoms with Crippen LogP contribution in [0, 0.1) is 0 Å². The third-order valence-corrected chi connectivity index (χ3v) is 1.29. The van der Waals surface area contributed by atoms with E-state index in [1.807, 2.05) is 0 Å². The molecule has 0 aromatic heterocycles. The number of aliphatic imine (C=N–C) groups is 1. The van der Waals surface area contributed by atoms with Gasteiger partial charge in [-0.05, 0) is 12.2 Å². The van der Waals surface area contributed by atoms with Gasteiger partial charge in [0.1, 0.15) is 0 Å². The second kappa shape index (κ2) is 2.67. The molecule has 0 bridgehead atoms. The Morgan fingerprint density at radius 3 is 2.82 bits per heavy atom. The van der Waals surface area contributed by atoms with Gasteiger partial charge in [0, 0.05) is 6.21 Å². The molecule has 0 aromatic rings. The van der Waals surface area contributed by atoms with Crippen molar-refractivity contribution in [3.63, 3.8) is 0 Å². The summed E-state index contributed by atoms with van der Waals surface area (Å²) in [5.74, 6) is -1.16. The molecule has 0 saturated carbocycles. The predicted octanol–water partition coefficient (Wildman–Crippen LogP) is -0.0772. The second-order valence-electron chi connectivity index (χ2n) is 2.15. The van der Waals surface area contributed by atoms with Crippen LogP contribution in [0.2, 0.25) is 0 Å². The fraction of sp³-hybridized carbons (Fsp3) is 0.143. The molecule has 0 aromatic carbocycles. The van der Waals surface area contributed by atoms with Gasteiger partial charge in [-0.3, -0.25) is 10.7 Å². The quantitative estimate of drug-likeness (QED) is 0.552. The molecule has 0 amide bonds. The molecule has 1 rings (SSSR count). The fourth-order valence-corrected chi connectivity index (χ4v) is 0.652. The number of allylic oxidation sites excluding steroid dienone is 3. The minimum Gasteiger partial charge on any atom is -0.478 e. The summed E-state index contributed by atoms with van der Waals surface area (Å²) < 4.78 is 0. The number of aliphatic carboxylic acids is 1. The maximum absolute atomic E-state index is 10.5. The minimum atomic E-state index is -1.59.